The van der Waals surface area contributed by atoms with Crippen molar-refractivity contribution in [3.05, 3.63) is 71.8 Å². The smallest absolute Gasteiger partial charge is 0.253 e. The number of hydrogen-bond acceptors (Lipinski definition) is 5. The maximum absolute atomic E-state index is 13.5. The van der Waals surface area contributed by atoms with Crippen LogP contribution in [0.4, 0.5) is 4.39 Å². The van der Waals surface area contributed by atoms with E-state index in [1.54, 1.807) is 16.8 Å². The van der Waals surface area contributed by atoms with Crippen LogP contribution < -0.4 is 0 Å². The molecule has 0 radical (unpaired) electrons. The topological polar surface area (TPSA) is 67.2 Å². The predicted octanol–water partition coefficient (Wildman–Crippen LogP) is 1.76. The predicted molar refractivity (Wildman–Crippen MR) is 96.7 cm³/mol. The van der Waals surface area contributed by atoms with Crippen LogP contribution in [0.5, 0.6) is 0 Å². The molecule has 1 saturated heterocycles. The molecule has 0 atom stereocenters. The van der Waals surface area contributed by atoms with E-state index in [1.165, 1.54) is 12.1 Å². The second-order valence-electron chi connectivity index (χ2n) is 6.42. The number of hydrogen-bond donors (Lipinski definition) is 0. The van der Waals surface area contributed by atoms with Crippen molar-refractivity contribution in [1.29, 1.82) is 0 Å². The average Bonchev–Trinajstić information content (AvgIpc) is 3.17. The fourth-order valence-corrected chi connectivity index (χ4v) is 3.19. The number of nitrogens with zero attached hydrogens (tertiary/aromatic N) is 6. The standard InChI is InChI=1S/C19H19FN6O/c20-16-7-4-8-17(13-16)26-18(21-22-23-26)14-24-9-11-25(12-10-24)19(27)15-5-2-1-3-6-15/h1-8,13H,9-12,14H2. The number of piperazine rings is 1. The Labute approximate surface area is 156 Å². The molecule has 1 amide bonds. The molecule has 4 rings (SSSR count). The van der Waals surface area contributed by atoms with Crippen LogP contribution in [0.15, 0.2) is 54.6 Å². The summed E-state index contributed by atoms with van der Waals surface area (Å²) in [5.74, 6) is 0.366. The molecule has 0 saturated carbocycles. The summed E-state index contributed by atoms with van der Waals surface area (Å²) in [6, 6.07) is 15.5. The monoisotopic (exact) mass is 366 g/mol. The van der Waals surface area contributed by atoms with Gasteiger partial charge in [-0.1, -0.05) is 24.3 Å². The maximum Gasteiger partial charge on any atom is 0.253 e. The molecule has 2 heterocycles. The third-order valence-corrected chi connectivity index (χ3v) is 4.63. The van der Waals surface area contributed by atoms with E-state index in [-0.39, 0.29) is 11.7 Å². The van der Waals surface area contributed by atoms with E-state index in [1.807, 2.05) is 35.2 Å². The Kier molecular flexibility index (Phi) is 4.88. The van der Waals surface area contributed by atoms with Gasteiger partial charge in [0.25, 0.3) is 5.91 Å². The van der Waals surface area contributed by atoms with Gasteiger partial charge in [0.15, 0.2) is 5.82 Å². The number of benzene rings is 2. The van der Waals surface area contributed by atoms with Gasteiger partial charge in [0, 0.05) is 31.7 Å². The van der Waals surface area contributed by atoms with E-state index in [9.17, 15) is 9.18 Å². The highest BCUT2D eigenvalue weighted by Gasteiger charge is 2.23. The van der Waals surface area contributed by atoms with Crippen LogP contribution >= 0.6 is 0 Å². The summed E-state index contributed by atoms with van der Waals surface area (Å²) in [6.07, 6.45) is 0. The van der Waals surface area contributed by atoms with E-state index in [0.717, 1.165) is 13.1 Å². The van der Waals surface area contributed by atoms with Crippen molar-refractivity contribution < 1.29 is 9.18 Å². The van der Waals surface area contributed by atoms with Gasteiger partial charge in [0.2, 0.25) is 0 Å². The van der Waals surface area contributed by atoms with Crippen molar-refractivity contribution in [2.75, 3.05) is 26.2 Å². The summed E-state index contributed by atoms with van der Waals surface area (Å²) in [4.78, 5) is 16.6. The number of carbonyl (C=O) groups is 1. The van der Waals surface area contributed by atoms with Gasteiger partial charge in [-0.15, -0.1) is 5.10 Å². The zero-order valence-corrected chi connectivity index (χ0v) is 14.7. The number of carbonyl (C=O) groups excluding carboxylic acids is 1. The zero-order valence-electron chi connectivity index (χ0n) is 14.7. The van der Waals surface area contributed by atoms with Crippen molar-refractivity contribution in [2.45, 2.75) is 6.54 Å². The van der Waals surface area contributed by atoms with E-state index in [2.05, 4.69) is 20.4 Å². The quantitative estimate of drug-likeness (QED) is 0.704. The number of amides is 1. The van der Waals surface area contributed by atoms with Gasteiger partial charge in [-0.05, 0) is 40.8 Å². The van der Waals surface area contributed by atoms with Gasteiger partial charge < -0.3 is 4.90 Å². The van der Waals surface area contributed by atoms with Crippen LogP contribution in [0, 0.1) is 5.82 Å². The highest BCUT2D eigenvalue weighted by Crippen LogP contribution is 2.14. The van der Waals surface area contributed by atoms with Gasteiger partial charge in [-0.3, -0.25) is 9.69 Å². The van der Waals surface area contributed by atoms with Gasteiger partial charge >= 0.3 is 0 Å². The fourth-order valence-electron chi connectivity index (χ4n) is 3.19. The third-order valence-electron chi connectivity index (χ3n) is 4.63. The van der Waals surface area contributed by atoms with Crippen LogP contribution in [-0.4, -0.2) is 62.1 Å². The van der Waals surface area contributed by atoms with Crippen LogP contribution in [0.2, 0.25) is 0 Å². The van der Waals surface area contributed by atoms with Gasteiger partial charge in [0.1, 0.15) is 5.82 Å². The molecule has 0 aliphatic carbocycles. The summed E-state index contributed by atoms with van der Waals surface area (Å²) < 4.78 is 15.0. The molecule has 0 N–H and O–H groups in total. The lowest BCUT2D eigenvalue weighted by atomic mass is 10.2. The minimum atomic E-state index is -0.331. The first-order valence-electron chi connectivity index (χ1n) is 8.80. The summed E-state index contributed by atoms with van der Waals surface area (Å²) in [5, 5.41) is 11.8. The first-order chi connectivity index (χ1) is 13.2. The molecule has 138 valence electrons. The molecule has 0 bridgehead atoms. The van der Waals surface area contributed by atoms with Crippen LogP contribution in [-0.2, 0) is 6.54 Å². The average molecular weight is 366 g/mol. The van der Waals surface area contributed by atoms with Crippen LogP contribution in [0.25, 0.3) is 5.69 Å². The fraction of sp³-hybridized carbons (Fsp3) is 0.263. The molecule has 1 aromatic heterocycles. The molecule has 27 heavy (non-hydrogen) atoms. The highest BCUT2D eigenvalue weighted by molar-refractivity contribution is 5.94. The van der Waals surface area contributed by atoms with E-state index in [4.69, 9.17) is 0 Å². The number of halogens is 1. The van der Waals surface area contributed by atoms with E-state index >= 15 is 0 Å². The number of tetrazole rings is 1. The van der Waals surface area contributed by atoms with E-state index < -0.39 is 0 Å². The summed E-state index contributed by atoms with van der Waals surface area (Å²) >= 11 is 0. The Morgan fingerprint density at radius 1 is 1.00 bits per heavy atom. The Hall–Kier alpha value is -3.13. The third kappa shape index (κ3) is 3.85. The first kappa shape index (κ1) is 17.3. The lowest BCUT2D eigenvalue weighted by molar-refractivity contribution is 0.0624. The Morgan fingerprint density at radius 2 is 1.78 bits per heavy atom. The van der Waals surface area contributed by atoms with Crippen LogP contribution in [0.3, 0.4) is 0 Å². The van der Waals surface area contributed by atoms with Gasteiger partial charge in [0.05, 0.1) is 12.2 Å². The molecule has 7 nitrogen and oxygen atoms in total. The summed E-state index contributed by atoms with van der Waals surface area (Å²) in [5.41, 5.74) is 1.30. The Balaban J connectivity index is 1.39. The lowest BCUT2D eigenvalue weighted by Crippen LogP contribution is -2.48. The molecule has 1 aliphatic heterocycles. The van der Waals surface area contributed by atoms with Gasteiger partial charge in [-0.25, -0.2) is 4.39 Å². The molecular weight excluding hydrogens is 347 g/mol. The van der Waals surface area contributed by atoms with Crippen molar-refractivity contribution in [3.63, 3.8) is 0 Å². The largest absolute Gasteiger partial charge is 0.336 e. The molecule has 0 spiro atoms. The SMILES string of the molecule is O=C(c1ccccc1)N1CCN(Cc2nnnn2-c2cccc(F)c2)CC1. The molecule has 1 fully saturated rings. The van der Waals surface area contributed by atoms with Crippen molar-refractivity contribution in [1.82, 2.24) is 30.0 Å². The molecule has 0 unspecified atom stereocenters. The second kappa shape index (κ2) is 7.63. The number of aromatic nitrogens is 4. The first-order valence-corrected chi connectivity index (χ1v) is 8.80. The van der Waals surface area contributed by atoms with Gasteiger partial charge in [-0.2, -0.15) is 4.68 Å². The minimum Gasteiger partial charge on any atom is -0.336 e. The molecule has 2 aromatic carbocycles. The Bertz CT molecular complexity index is 921. The number of rotatable bonds is 4. The molecular formula is C19H19FN6O. The maximum atomic E-state index is 13.5. The summed E-state index contributed by atoms with van der Waals surface area (Å²) in [7, 11) is 0. The lowest BCUT2D eigenvalue weighted by Gasteiger charge is -2.34. The highest BCUT2D eigenvalue weighted by atomic mass is 19.1. The van der Waals surface area contributed by atoms with E-state index in [0.29, 0.717) is 36.7 Å². The normalized spacial score (nSPS) is 15.1. The zero-order chi connectivity index (χ0) is 18.6. The Morgan fingerprint density at radius 3 is 2.52 bits per heavy atom. The molecule has 8 heteroatoms. The molecule has 1 aliphatic rings. The second-order valence-corrected chi connectivity index (χ2v) is 6.42. The summed E-state index contributed by atoms with van der Waals surface area (Å²) in [6.45, 7) is 3.30. The van der Waals surface area contributed by atoms with Crippen LogP contribution in [0.1, 0.15) is 16.2 Å². The van der Waals surface area contributed by atoms with Crippen molar-refractivity contribution in [3.8, 4) is 5.69 Å². The van der Waals surface area contributed by atoms with Crippen molar-refractivity contribution >= 4 is 5.91 Å². The minimum absolute atomic E-state index is 0.0554. The van der Waals surface area contributed by atoms with Crippen molar-refractivity contribution in [2.24, 2.45) is 0 Å². The molecule has 3 aromatic rings.